The van der Waals surface area contributed by atoms with Gasteiger partial charge in [-0.25, -0.2) is 4.98 Å². The predicted octanol–water partition coefficient (Wildman–Crippen LogP) is 4.13. The first kappa shape index (κ1) is 22.1. The van der Waals surface area contributed by atoms with Crippen molar-refractivity contribution in [2.75, 3.05) is 39.5 Å². The SMILES string of the molecule is CC(=O)c1ccc(-n2cnc3cc(OCCN4CCOCC4)ccc32)nc1Oc1ccccc1. The number of carbonyl (C=O) groups excluding carboxylic acids is 1. The van der Waals surface area contributed by atoms with E-state index >= 15 is 0 Å². The first-order valence-electron chi connectivity index (χ1n) is 11.3. The summed E-state index contributed by atoms with van der Waals surface area (Å²) in [6, 6.07) is 18.7. The second kappa shape index (κ2) is 10.0. The van der Waals surface area contributed by atoms with Crippen molar-refractivity contribution in [3.63, 3.8) is 0 Å². The molecule has 1 aliphatic rings. The van der Waals surface area contributed by atoms with Gasteiger partial charge in [0.2, 0.25) is 5.88 Å². The molecule has 2 aromatic heterocycles. The van der Waals surface area contributed by atoms with Gasteiger partial charge < -0.3 is 14.2 Å². The fourth-order valence-corrected chi connectivity index (χ4v) is 3.89. The lowest BCUT2D eigenvalue weighted by Gasteiger charge is -2.26. The van der Waals surface area contributed by atoms with Gasteiger partial charge in [-0.1, -0.05) is 18.2 Å². The minimum Gasteiger partial charge on any atom is -0.492 e. The van der Waals surface area contributed by atoms with Gasteiger partial charge in [0.15, 0.2) is 5.78 Å². The fraction of sp³-hybridized carbons (Fsp3) is 0.269. The van der Waals surface area contributed by atoms with Crippen molar-refractivity contribution in [1.82, 2.24) is 19.4 Å². The molecule has 0 saturated carbocycles. The number of hydrogen-bond donors (Lipinski definition) is 0. The van der Waals surface area contributed by atoms with E-state index < -0.39 is 0 Å². The largest absolute Gasteiger partial charge is 0.492 e. The fourth-order valence-electron chi connectivity index (χ4n) is 3.89. The van der Waals surface area contributed by atoms with Crippen LogP contribution in [-0.4, -0.2) is 64.7 Å². The van der Waals surface area contributed by atoms with Gasteiger partial charge in [0.25, 0.3) is 0 Å². The Kier molecular flexibility index (Phi) is 6.51. The first-order valence-corrected chi connectivity index (χ1v) is 11.3. The molecule has 3 heterocycles. The number of ether oxygens (including phenoxy) is 3. The average Bonchev–Trinajstić information content (AvgIpc) is 3.28. The van der Waals surface area contributed by atoms with Crippen LogP contribution >= 0.6 is 0 Å². The Hall–Kier alpha value is -3.75. The van der Waals surface area contributed by atoms with Crippen LogP contribution in [0.4, 0.5) is 0 Å². The number of Topliss-reactive ketones (excluding diaryl/α,β-unsaturated/α-hetero) is 1. The van der Waals surface area contributed by atoms with E-state index in [4.69, 9.17) is 14.2 Å². The normalized spacial score (nSPS) is 14.3. The van der Waals surface area contributed by atoms with Crippen molar-refractivity contribution >= 4 is 16.8 Å². The van der Waals surface area contributed by atoms with E-state index in [1.165, 1.54) is 6.92 Å². The Balaban J connectivity index is 1.36. The lowest BCUT2D eigenvalue weighted by atomic mass is 10.2. The molecule has 0 amide bonds. The van der Waals surface area contributed by atoms with Crippen molar-refractivity contribution in [2.24, 2.45) is 0 Å². The molecular formula is C26H26N4O4. The van der Waals surface area contributed by atoms with E-state index in [9.17, 15) is 4.79 Å². The molecule has 0 aliphatic carbocycles. The topological polar surface area (TPSA) is 78.7 Å². The number of para-hydroxylation sites is 1. The Morgan fingerprint density at radius 2 is 1.85 bits per heavy atom. The molecule has 0 atom stereocenters. The van der Waals surface area contributed by atoms with Gasteiger partial charge in [-0.2, -0.15) is 4.98 Å². The molecule has 1 fully saturated rings. The highest BCUT2D eigenvalue weighted by Crippen LogP contribution is 2.27. The molecule has 0 spiro atoms. The molecule has 34 heavy (non-hydrogen) atoms. The van der Waals surface area contributed by atoms with E-state index in [-0.39, 0.29) is 11.7 Å². The first-order chi connectivity index (χ1) is 16.7. The second-order valence-corrected chi connectivity index (χ2v) is 8.06. The Labute approximate surface area is 197 Å². The molecule has 1 aliphatic heterocycles. The van der Waals surface area contributed by atoms with Crippen LogP contribution in [0.15, 0.2) is 67.0 Å². The summed E-state index contributed by atoms with van der Waals surface area (Å²) in [5.74, 6) is 2.16. The Bertz CT molecular complexity index is 1280. The van der Waals surface area contributed by atoms with Crippen LogP contribution in [0.2, 0.25) is 0 Å². The summed E-state index contributed by atoms with van der Waals surface area (Å²) in [7, 11) is 0. The molecule has 0 bridgehead atoms. The number of pyridine rings is 1. The molecular weight excluding hydrogens is 432 g/mol. The Morgan fingerprint density at radius 3 is 2.65 bits per heavy atom. The maximum Gasteiger partial charge on any atom is 0.232 e. The van der Waals surface area contributed by atoms with Gasteiger partial charge in [-0.05, 0) is 43.3 Å². The summed E-state index contributed by atoms with van der Waals surface area (Å²) in [6.45, 7) is 6.43. The molecule has 0 N–H and O–H groups in total. The third-order valence-electron chi connectivity index (χ3n) is 5.73. The van der Waals surface area contributed by atoms with E-state index in [2.05, 4.69) is 14.9 Å². The third kappa shape index (κ3) is 4.93. The van der Waals surface area contributed by atoms with E-state index in [0.717, 1.165) is 49.6 Å². The van der Waals surface area contributed by atoms with Gasteiger partial charge in [-0.15, -0.1) is 0 Å². The van der Waals surface area contributed by atoms with E-state index in [1.54, 1.807) is 18.5 Å². The number of hydrogen-bond acceptors (Lipinski definition) is 7. The lowest BCUT2D eigenvalue weighted by Crippen LogP contribution is -2.38. The van der Waals surface area contributed by atoms with Crippen molar-refractivity contribution in [2.45, 2.75) is 6.92 Å². The third-order valence-corrected chi connectivity index (χ3v) is 5.73. The highest BCUT2D eigenvalue weighted by atomic mass is 16.5. The van der Waals surface area contributed by atoms with Crippen LogP contribution in [0.25, 0.3) is 16.9 Å². The zero-order valence-electron chi connectivity index (χ0n) is 19.0. The van der Waals surface area contributed by atoms with Crippen molar-refractivity contribution in [3.8, 4) is 23.2 Å². The summed E-state index contributed by atoms with van der Waals surface area (Å²) in [5.41, 5.74) is 2.11. The maximum absolute atomic E-state index is 12.1. The summed E-state index contributed by atoms with van der Waals surface area (Å²) >= 11 is 0. The molecule has 8 heteroatoms. The summed E-state index contributed by atoms with van der Waals surface area (Å²) < 4.78 is 19.1. The molecule has 5 rings (SSSR count). The number of ketones is 1. The molecule has 8 nitrogen and oxygen atoms in total. The standard InChI is InChI=1S/C26H26N4O4/c1-19(31)22-8-10-25(28-26(22)34-20-5-3-2-4-6-20)30-18-27-23-17-21(7-9-24(23)30)33-16-13-29-11-14-32-15-12-29/h2-10,17-18H,11-16H2,1H3. The summed E-state index contributed by atoms with van der Waals surface area (Å²) in [5, 5.41) is 0. The van der Waals surface area contributed by atoms with Gasteiger partial charge in [-0.3, -0.25) is 14.3 Å². The van der Waals surface area contributed by atoms with Crippen molar-refractivity contribution in [3.05, 3.63) is 72.6 Å². The second-order valence-electron chi connectivity index (χ2n) is 8.06. The van der Waals surface area contributed by atoms with Gasteiger partial charge in [0, 0.05) is 25.7 Å². The predicted molar refractivity (Wildman–Crippen MR) is 128 cm³/mol. The lowest BCUT2D eigenvalue weighted by molar-refractivity contribution is 0.0322. The van der Waals surface area contributed by atoms with Crippen LogP contribution in [-0.2, 0) is 4.74 Å². The van der Waals surface area contributed by atoms with Crippen LogP contribution in [0, 0.1) is 0 Å². The number of fused-ring (bicyclic) bond motifs is 1. The molecule has 2 aromatic carbocycles. The molecule has 0 radical (unpaired) electrons. The quantitative estimate of drug-likeness (QED) is 0.368. The average molecular weight is 459 g/mol. The zero-order chi connectivity index (χ0) is 23.3. The number of imidazole rings is 1. The van der Waals surface area contributed by atoms with Gasteiger partial charge >= 0.3 is 0 Å². The Morgan fingerprint density at radius 1 is 1.03 bits per heavy atom. The summed E-state index contributed by atoms with van der Waals surface area (Å²) in [6.07, 6.45) is 1.71. The van der Waals surface area contributed by atoms with Crippen LogP contribution in [0.3, 0.4) is 0 Å². The van der Waals surface area contributed by atoms with Crippen molar-refractivity contribution in [1.29, 1.82) is 0 Å². The zero-order valence-corrected chi connectivity index (χ0v) is 19.0. The number of aromatic nitrogens is 3. The van der Waals surface area contributed by atoms with Crippen LogP contribution in [0.5, 0.6) is 17.4 Å². The number of benzene rings is 2. The minimum absolute atomic E-state index is 0.112. The van der Waals surface area contributed by atoms with Crippen LogP contribution < -0.4 is 9.47 Å². The monoisotopic (exact) mass is 458 g/mol. The minimum atomic E-state index is -0.112. The smallest absolute Gasteiger partial charge is 0.232 e. The van der Waals surface area contributed by atoms with Gasteiger partial charge in [0.1, 0.15) is 30.3 Å². The van der Waals surface area contributed by atoms with E-state index in [1.807, 2.05) is 53.1 Å². The number of morpholine rings is 1. The number of carbonyl (C=O) groups is 1. The van der Waals surface area contributed by atoms with Crippen molar-refractivity contribution < 1.29 is 19.0 Å². The van der Waals surface area contributed by atoms with E-state index in [0.29, 0.717) is 23.7 Å². The highest BCUT2D eigenvalue weighted by Gasteiger charge is 2.15. The molecule has 174 valence electrons. The molecule has 4 aromatic rings. The maximum atomic E-state index is 12.1. The number of nitrogens with zero attached hydrogens (tertiary/aromatic N) is 4. The highest BCUT2D eigenvalue weighted by molar-refractivity contribution is 5.96. The van der Waals surface area contributed by atoms with Gasteiger partial charge in [0.05, 0.1) is 29.8 Å². The number of rotatable bonds is 8. The summed E-state index contributed by atoms with van der Waals surface area (Å²) in [4.78, 5) is 23.6. The molecule has 0 unspecified atom stereocenters. The van der Waals surface area contributed by atoms with Crippen LogP contribution in [0.1, 0.15) is 17.3 Å². The molecule has 1 saturated heterocycles.